The molecular weight excluding hydrogens is 258 g/mol. The molecule has 0 aliphatic carbocycles. The maximum absolute atomic E-state index is 6.25. The number of nitrogens with two attached hydrogens (primary N) is 1. The third-order valence-electron chi connectivity index (χ3n) is 4.09. The Morgan fingerprint density at radius 1 is 1.42 bits per heavy atom. The lowest BCUT2D eigenvalue weighted by Crippen LogP contribution is -2.52. The Bertz CT molecular complexity index is 435. The van der Waals surface area contributed by atoms with E-state index in [1.54, 1.807) is 0 Å². The minimum Gasteiger partial charge on any atom is -0.329 e. The zero-order valence-electron chi connectivity index (χ0n) is 12.1. The van der Waals surface area contributed by atoms with Crippen LogP contribution in [-0.4, -0.2) is 49.1 Å². The Kier molecular flexibility index (Phi) is 4.85. The van der Waals surface area contributed by atoms with E-state index < -0.39 is 0 Å². The molecule has 0 radical (unpaired) electrons. The molecule has 1 aromatic carbocycles. The number of halogens is 1. The van der Waals surface area contributed by atoms with Crippen molar-refractivity contribution in [1.82, 2.24) is 9.80 Å². The monoisotopic (exact) mass is 281 g/mol. The van der Waals surface area contributed by atoms with Crippen LogP contribution < -0.4 is 5.73 Å². The van der Waals surface area contributed by atoms with Crippen molar-refractivity contribution in [3.05, 3.63) is 34.3 Å². The lowest BCUT2D eigenvalue weighted by Gasteiger charge is -2.42. The van der Waals surface area contributed by atoms with E-state index in [2.05, 4.69) is 42.0 Å². The van der Waals surface area contributed by atoms with Crippen LogP contribution in [0.4, 0.5) is 0 Å². The highest BCUT2D eigenvalue weighted by atomic mass is 35.5. The molecule has 1 fully saturated rings. The van der Waals surface area contributed by atoms with Crippen molar-refractivity contribution in [2.75, 3.05) is 33.2 Å². The van der Waals surface area contributed by atoms with Gasteiger partial charge in [0.05, 0.1) is 0 Å². The summed E-state index contributed by atoms with van der Waals surface area (Å²) >= 11 is 6.25. The quantitative estimate of drug-likeness (QED) is 0.923. The molecule has 2 N–H and O–H groups in total. The lowest BCUT2D eigenvalue weighted by atomic mass is 10.0. The van der Waals surface area contributed by atoms with E-state index >= 15 is 0 Å². The van der Waals surface area contributed by atoms with Crippen LogP contribution in [0.15, 0.2) is 18.2 Å². The molecule has 19 heavy (non-hydrogen) atoms. The zero-order chi connectivity index (χ0) is 14.0. The Morgan fingerprint density at radius 3 is 2.74 bits per heavy atom. The maximum atomic E-state index is 6.25. The predicted molar refractivity (Wildman–Crippen MR) is 81.6 cm³/mol. The summed E-state index contributed by atoms with van der Waals surface area (Å²) in [4.78, 5) is 4.87. The van der Waals surface area contributed by atoms with Gasteiger partial charge < -0.3 is 10.6 Å². The number of hydrogen-bond donors (Lipinski definition) is 1. The molecule has 1 saturated heterocycles. The van der Waals surface area contributed by atoms with Gasteiger partial charge in [0.1, 0.15) is 0 Å². The molecule has 1 aliphatic rings. The molecule has 2 rings (SSSR count). The van der Waals surface area contributed by atoms with Gasteiger partial charge in [-0.3, -0.25) is 4.90 Å². The number of rotatable bonds is 3. The topological polar surface area (TPSA) is 32.5 Å². The molecule has 0 spiro atoms. The fourth-order valence-corrected chi connectivity index (χ4v) is 3.09. The first-order valence-corrected chi connectivity index (χ1v) is 7.31. The summed E-state index contributed by atoms with van der Waals surface area (Å²) in [5.41, 5.74) is 8.37. The third kappa shape index (κ3) is 3.29. The van der Waals surface area contributed by atoms with E-state index in [-0.39, 0.29) is 6.04 Å². The molecular formula is C15H24ClN3. The van der Waals surface area contributed by atoms with Crippen molar-refractivity contribution in [2.24, 2.45) is 5.73 Å². The number of piperazine rings is 1. The fourth-order valence-electron chi connectivity index (χ4n) is 2.90. The summed E-state index contributed by atoms with van der Waals surface area (Å²) in [6.45, 7) is 8.19. The van der Waals surface area contributed by atoms with Gasteiger partial charge >= 0.3 is 0 Å². The molecule has 0 saturated carbocycles. The largest absolute Gasteiger partial charge is 0.329 e. The van der Waals surface area contributed by atoms with E-state index in [0.29, 0.717) is 12.6 Å². The van der Waals surface area contributed by atoms with E-state index in [4.69, 9.17) is 17.3 Å². The summed E-state index contributed by atoms with van der Waals surface area (Å²) in [5, 5.41) is 0.831. The fraction of sp³-hybridized carbons (Fsp3) is 0.600. The van der Waals surface area contributed by atoms with E-state index in [9.17, 15) is 0 Å². The SMILES string of the molecule is Cc1ccc(C(CN)N2CCN(C)CC2C)cc1Cl. The second kappa shape index (κ2) is 6.23. The molecule has 1 aromatic rings. The van der Waals surface area contributed by atoms with E-state index in [0.717, 1.165) is 30.2 Å². The summed E-state index contributed by atoms with van der Waals surface area (Å²) in [7, 11) is 2.17. The molecule has 1 aliphatic heterocycles. The molecule has 106 valence electrons. The molecule has 4 heteroatoms. The number of aryl methyl sites for hydroxylation is 1. The standard InChI is InChI=1S/C15H24ClN3/c1-11-4-5-13(8-14(11)16)15(9-17)19-7-6-18(3)10-12(19)2/h4-5,8,12,15H,6-7,9-10,17H2,1-3H3. The molecule has 2 atom stereocenters. The molecule has 0 bridgehead atoms. The van der Waals surface area contributed by atoms with Crippen molar-refractivity contribution in [1.29, 1.82) is 0 Å². The average Bonchev–Trinajstić information content (AvgIpc) is 2.37. The van der Waals surface area contributed by atoms with Crippen LogP contribution in [0.25, 0.3) is 0 Å². The number of benzene rings is 1. The summed E-state index contributed by atoms with van der Waals surface area (Å²) in [6, 6.07) is 7.10. The second-order valence-electron chi connectivity index (χ2n) is 5.61. The van der Waals surface area contributed by atoms with Crippen molar-refractivity contribution in [2.45, 2.75) is 25.9 Å². The van der Waals surface area contributed by atoms with Crippen LogP contribution in [0.3, 0.4) is 0 Å². The normalized spacial score (nSPS) is 23.5. The third-order valence-corrected chi connectivity index (χ3v) is 4.49. The first-order chi connectivity index (χ1) is 9.02. The summed E-state index contributed by atoms with van der Waals surface area (Å²) in [6.07, 6.45) is 0. The van der Waals surface area contributed by atoms with Crippen LogP contribution in [0.1, 0.15) is 24.1 Å². The highest BCUT2D eigenvalue weighted by Gasteiger charge is 2.28. The Labute approximate surface area is 121 Å². The average molecular weight is 282 g/mol. The second-order valence-corrected chi connectivity index (χ2v) is 6.02. The van der Waals surface area contributed by atoms with Crippen molar-refractivity contribution < 1.29 is 0 Å². The van der Waals surface area contributed by atoms with Crippen molar-refractivity contribution in [3.8, 4) is 0 Å². The van der Waals surface area contributed by atoms with Crippen LogP contribution in [0.2, 0.25) is 5.02 Å². The number of likely N-dealkylation sites (N-methyl/N-ethyl adjacent to an activating group) is 1. The zero-order valence-corrected chi connectivity index (χ0v) is 12.8. The van der Waals surface area contributed by atoms with E-state index in [1.807, 2.05) is 6.92 Å². The van der Waals surface area contributed by atoms with Gasteiger partial charge in [-0.05, 0) is 38.1 Å². The van der Waals surface area contributed by atoms with Gasteiger partial charge in [-0.25, -0.2) is 0 Å². The highest BCUT2D eigenvalue weighted by Crippen LogP contribution is 2.27. The van der Waals surface area contributed by atoms with E-state index in [1.165, 1.54) is 5.56 Å². The Balaban J connectivity index is 2.21. The Hall–Kier alpha value is -0.610. The van der Waals surface area contributed by atoms with Crippen molar-refractivity contribution in [3.63, 3.8) is 0 Å². The molecule has 2 unspecified atom stereocenters. The summed E-state index contributed by atoms with van der Waals surface area (Å²) in [5.74, 6) is 0. The highest BCUT2D eigenvalue weighted by molar-refractivity contribution is 6.31. The number of hydrogen-bond acceptors (Lipinski definition) is 3. The van der Waals surface area contributed by atoms with Crippen LogP contribution in [0, 0.1) is 6.92 Å². The van der Waals surface area contributed by atoms with Gasteiger partial charge in [0, 0.05) is 43.3 Å². The molecule has 0 amide bonds. The van der Waals surface area contributed by atoms with Crippen LogP contribution in [0.5, 0.6) is 0 Å². The van der Waals surface area contributed by atoms with Crippen molar-refractivity contribution >= 4 is 11.6 Å². The van der Waals surface area contributed by atoms with Gasteiger partial charge in [-0.15, -0.1) is 0 Å². The molecule has 1 heterocycles. The van der Waals surface area contributed by atoms with Crippen LogP contribution in [-0.2, 0) is 0 Å². The van der Waals surface area contributed by atoms with Gasteiger partial charge in [-0.1, -0.05) is 23.7 Å². The maximum Gasteiger partial charge on any atom is 0.0474 e. The van der Waals surface area contributed by atoms with Gasteiger partial charge in [-0.2, -0.15) is 0 Å². The predicted octanol–water partition coefficient (Wildman–Crippen LogP) is 2.28. The minimum absolute atomic E-state index is 0.266. The minimum atomic E-state index is 0.266. The first-order valence-electron chi connectivity index (χ1n) is 6.93. The first kappa shape index (κ1) is 14.8. The van der Waals surface area contributed by atoms with Gasteiger partial charge in [0.25, 0.3) is 0 Å². The molecule has 3 nitrogen and oxygen atoms in total. The lowest BCUT2D eigenvalue weighted by molar-refractivity contribution is 0.0635. The summed E-state index contributed by atoms with van der Waals surface area (Å²) < 4.78 is 0. The Morgan fingerprint density at radius 2 is 2.16 bits per heavy atom. The van der Waals surface area contributed by atoms with Gasteiger partial charge in [0.15, 0.2) is 0 Å². The van der Waals surface area contributed by atoms with Gasteiger partial charge in [0.2, 0.25) is 0 Å². The smallest absolute Gasteiger partial charge is 0.0474 e. The molecule has 0 aromatic heterocycles. The number of nitrogens with zero attached hydrogens (tertiary/aromatic N) is 2. The van der Waals surface area contributed by atoms with Crippen LogP contribution >= 0.6 is 11.6 Å².